The molecular weight excluding hydrogens is 198 g/mol. The molecule has 3 nitrogen and oxygen atoms in total. The van der Waals surface area contributed by atoms with E-state index in [2.05, 4.69) is 40.9 Å². The topological polar surface area (TPSA) is 29.9 Å². The van der Waals surface area contributed by atoms with Gasteiger partial charge in [0.15, 0.2) is 0 Å². The van der Waals surface area contributed by atoms with E-state index in [1.807, 2.05) is 7.05 Å². The molecule has 3 heteroatoms. The quantitative estimate of drug-likeness (QED) is 0.743. The third kappa shape index (κ3) is 2.86. The molecule has 1 heterocycles. The number of terminal acetylenes is 1. The third-order valence-corrected chi connectivity index (χ3v) is 2.81. The van der Waals surface area contributed by atoms with Crippen LogP contribution in [0.1, 0.15) is 44.1 Å². The fraction of sp³-hybridized carbons (Fsp3) is 0.615. The van der Waals surface area contributed by atoms with Crippen LogP contribution < -0.4 is 5.32 Å². The minimum absolute atomic E-state index is 0.309. The molecule has 1 atom stereocenters. The zero-order valence-corrected chi connectivity index (χ0v) is 10.5. The van der Waals surface area contributed by atoms with Gasteiger partial charge in [0, 0.05) is 19.0 Å². The maximum absolute atomic E-state index is 5.31. The van der Waals surface area contributed by atoms with Crippen molar-refractivity contribution in [2.45, 2.75) is 45.7 Å². The summed E-state index contributed by atoms with van der Waals surface area (Å²) in [5.41, 5.74) is 2.40. The van der Waals surface area contributed by atoms with Crippen LogP contribution in [0.3, 0.4) is 0 Å². The molecule has 0 saturated heterocycles. The molecule has 1 N–H and O–H groups in total. The Bertz CT molecular complexity index is 360. The van der Waals surface area contributed by atoms with Crippen LogP contribution in [0.25, 0.3) is 0 Å². The van der Waals surface area contributed by atoms with E-state index in [0.29, 0.717) is 6.04 Å². The van der Waals surface area contributed by atoms with E-state index in [0.717, 1.165) is 31.5 Å². The van der Waals surface area contributed by atoms with Gasteiger partial charge in [-0.2, -0.15) is 5.10 Å². The van der Waals surface area contributed by atoms with E-state index in [1.165, 1.54) is 5.69 Å². The van der Waals surface area contributed by atoms with E-state index < -0.39 is 0 Å². The Kier molecular flexibility index (Phi) is 5.07. The number of nitrogens with one attached hydrogen (secondary N) is 1. The van der Waals surface area contributed by atoms with Crippen LogP contribution in [0, 0.1) is 12.3 Å². The predicted molar refractivity (Wildman–Crippen MR) is 67.1 cm³/mol. The molecule has 0 aliphatic carbocycles. The summed E-state index contributed by atoms with van der Waals surface area (Å²) >= 11 is 0. The average molecular weight is 219 g/mol. The minimum atomic E-state index is 0.309. The SMILES string of the molecule is C#CCCC(NC)c1cc(CC)nn1CC. The van der Waals surface area contributed by atoms with Crippen LogP contribution in [-0.2, 0) is 13.0 Å². The van der Waals surface area contributed by atoms with Gasteiger partial charge in [0.2, 0.25) is 0 Å². The molecule has 0 aliphatic rings. The zero-order valence-electron chi connectivity index (χ0n) is 10.5. The Labute approximate surface area is 98.2 Å². The van der Waals surface area contributed by atoms with E-state index in [1.54, 1.807) is 0 Å². The molecule has 0 aliphatic heterocycles. The first kappa shape index (κ1) is 12.8. The van der Waals surface area contributed by atoms with Crippen molar-refractivity contribution >= 4 is 0 Å². The summed E-state index contributed by atoms with van der Waals surface area (Å²) in [5.74, 6) is 2.69. The molecule has 0 spiro atoms. The highest BCUT2D eigenvalue weighted by Crippen LogP contribution is 2.19. The summed E-state index contributed by atoms with van der Waals surface area (Å²) in [6.45, 7) is 5.15. The lowest BCUT2D eigenvalue weighted by Crippen LogP contribution is -2.20. The molecule has 1 unspecified atom stereocenters. The molecule has 0 radical (unpaired) electrons. The van der Waals surface area contributed by atoms with Crippen LogP contribution in [0.2, 0.25) is 0 Å². The average Bonchev–Trinajstić information content (AvgIpc) is 2.73. The first-order valence-corrected chi connectivity index (χ1v) is 5.94. The number of aromatic nitrogens is 2. The van der Waals surface area contributed by atoms with E-state index in [9.17, 15) is 0 Å². The molecule has 1 rings (SSSR count). The van der Waals surface area contributed by atoms with Crippen LogP contribution in [0.4, 0.5) is 0 Å². The molecular formula is C13H21N3. The van der Waals surface area contributed by atoms with Crippen molar-refractivity contribution in [3.05, 3.63) is 17.5 Å². The smallest absolute Gasteiger partial charge is 0.0625 e. The fourth-order valence-corrected chi connectivity index (χ4v) is 1.86. The molecule has 88 valence electrons. The standard InChI is InChI=1S/C13H21N3/c1-5-8-9-12(14-4)13-10-11(6-2)15-16(13)7-3/h1,10,12,14H,6-9H2,2-4H3. The van der Waals surface area contributed by atoms with Crippen LogP contribution in [0.5, 0.6) is 0 Å². The molecule has 1 aromatic heterocycles. The van der Waals surface area contributed by atoms with Crippen molar-refractivity contribution in [1.29, 1.82) is 0 Å². The Balaban J connectivity index is 2.89. The van der Waals surface area contributed by atoms with Gasteiger partial charge in [0.1, 0.15) is 0 Å². The van der Waals surface area contributed by atoms with Gasteiger partial charge >= 0.3 is 0 Å². The van der Waals surface area contributed by atoms with Gasteiger partial charge in [0.25, 0.3) is 0 Å². The van der Waals surface area contributed by atoms with Gasteiger partial charge in [-0.1, -0.05) is 6.92 Å². The van der Waals surface area contributed by atoms with Crippen LogP contribution in [0.15, 0.2) is 6.07 Å². The fourth-order valence-electron chi connectivity index (χ4n) is 1.86. The van der Waals surface area contributed by atoms with Gasteiger partial charge in [-0.25, -0.2) is 0 Å². The number of hydrogen-bond donors (Lipinski definition) is 1. The maximum atomic E-state index is 5.31. The second-order valence-corrected chi connectivity index (χ2v) is 3.81. The minimum Gasteiger partial charge on any atom is -0.312 e. The van der Waals surface area contributed by atoms with Gasteiger partial charge in [-0.3, -0.25) is 4.68 Å². The molecule has 0 amide bonds. The van der Waals surface area contributed by atoms with Crippen molar-refractivity contribution in [3.63, 3.8) is 0 Å². The summed E-state index contributed by atoms with van der Waals surface area (Å²) in [5, 5.41) is 7.86. The van der Waals surface area contributed by atoms with E-state index in [-0.39, 0.29) is 0 Å². The van der Waals surface area contributed by atoms with E-state index in [4.69, 9.17) is 6.42 Å². The molecule has 0 fully saturated rings. The number of aryl methyl sites for hydroxylation is 2. The molecule has 0 bridgehead atoms. The molecule has 0 aromatic carbocycles. The highest BCUT2D eigenvalue weighted by molar-refractivity contribution is 5.15. The zero-order chi connectivity index (χ0) is 12.0. The second kappa shape index (κ2) is 6.34. The summed E-state index contributed by atoms with van der Waals surface area (Å²) in [4.78, 5) is 0. The van der Waals surface area contributed by atoms with Crippen LogP contribution in [-0.4, -0.2) is 16.8 Å². The Morgan fingerprint density at radius 1 is 1.56 bits per heavy atom. The number of rotatable bonds is 6. The van der Waals surface area contributed by atoms with Crippen molar-refractivity contribution in [1.82, 2.24) is 15.1 Å². The Morgan fingerprint density at radius 3 is 2.81 bits per heavy atom. The van der Waals surface area contributed by atoms with Crippen LogP contribution >= 0.6 is 0 Å². The Hall–Kier alpha value is -1.27. The summed E-state index contributed by atoms with van der Waals surface area (Å²) in [6, 6.07) is 2.49. The summed E-state index contributed by atoms with van der Waals surface area (Å²) in [6.07, 6.45) is 8.04. The first-order chi connectivity index (χ1) is 7.76. The van der Waals surface area contributed by atoms with Gasteiger partial charge in [-0.05, 0) is 32.9 Å². The normalized spacial score (nSPS) is 12.4. The third-order valence-electron chi connectivity index (χ3n) is 2.81. The first-order valence-electron chi connectivity index (χ1n) is 5.94. The summed E-state index contributed by atoms with van der Waals surface area (Å²) in [7, 11) is 1.97. The lowest BCUT2D eigenvalue weighted by Gasteiger charge is -2.16. The monoisotopic (exact) mass is 219 g/mol. The number of nitrogens with zero attached hydrogens (tertiary/aromatic N) is 2. The Morgan fingerprint density at radius 2 is 2.31 bits per heavy atom. The van der Waals surface area contributed by atoms with Gasteiger partial charge < -0.3 is 5.32 Å². The molecule has 1 aromatic rings. The number of hydrogen-bond acceptors (Lipinski definition) is 2. The highest BCUT2D eigenvalue weighted by atomic mass is 15.3. The van der Waals surface area contributed by atoms with Crippen molar-refractivity contribution in [2.75, 3.05) is 7.05 Å². The largest absolute Gasteiger partial charge is 0.312 e. The molecule has 0 saturated carbocycles. The van der Waals surface area contributed by atoms with Crippen molar-refractivity contribution in [2.24, 2.45) is 0 Å². The lowest BCUT2D eigenvalue weighted by molar-refractivity contribution is 0.493. The highest BCUT2D eigenvalue weighted by Gasteiger charge is 2.14. The van der Waals surface area contributed by atoms with Crippen molar-refractivity contribution in [3.8, 4) is 12.3 Å². The lowest BCUT2D eigenvalue weighted by atomic mass is 10.1. The predicted octanol–water partition coefficient (Wildman–Crippen LogP) is 2.14. The molecule has 16 heavy (non-hydrogen) atoms. The summed E-state index contributed by atoms with van der Waals surface area (Å²) < 4.78 is 2.07. The second-order valence-electron chi connectivity index (χ2n) is 3.81. The van der Waals surface area contributed by atoms with Gasteiger partial charge in [0.05, 0.1) is 11.4 Å². The maximum Gasteiger partial charge on any atom is 0.0625 e. The van der Waals surface area contributed by atoms with Gasteiger partial charge in [-0.15, -0.1) is 12.3 Å². The van der Waals surface area contributed by atoms with Crippen molar-refractivity contribution < 1.29 is 0 Å². The van der Waals surface area contributed by atoms with E-state index >= 15 is 0 Å².